The van der Waals surface area contributed by atoms with Gasteiger partial charge in [0.15, 0.2) is 6.54 Å². The van der Waals surface area contributed by atoms with Crippen LogP contribution in [0.1, 0.15) is 16.5 Å². The van der Waals surface area contributed by atoms with Crippen molar-refractivity contribution < 1.29 is 14.8 Å². The van der Waals surface area contributed by atoms with Gasteiger partial charge in [-0.1, -0.05) is 48.0 Å². The van der Waals surface area contributed by atoms with Gasteiger partial charge in [-0.25, -0.2) is 0 Å². The second-order valence-electron chi connectivity index (χ2n) is 5.74. The quantitative estimate of drug-likeness (QED) is 0.649. The summed E-state index contributed by atoms with van der Waals surface area (Å²) in [7, 11) is 1.56. The Morgan fingerprint density at radius 3 is 2.69 bits per heavy atom. The predicted molar refractivity (Wildman–Crippen MR) is 106 cm³/mol. The van der Waals surface area contributed by atoms with E-state index in [1.54, 1.807) is 36.6 Å². The molecule has 3 rings (SSSR count). The standard InChI is InChI=1S/C20H19ClN2O2S/c1-25-17-10-9-15(21)12-16(17)23-19(24)13-22-20(18-8-5-11-26-18)14-6-3-2-4-7-14/h2-12,20,22H,13H2,1H3,(H,23,24)/p+1/t20-/m1/s1. The highest BCUT2D eigenvalue weighted by Crippen LogP contribution is 2.27. The molecule has 0 fully saturated rings. The lowest BCUT2D eigenvalue weighted by Crippen LogP contribution is -2.87. The highest BCUT2D eigenvalue weighted by Gasteiger charge is 2.20. The number of ether oxygens (including phenoxy) is 1. The molecule has 1 atom stereocenters. The second kappa shape index (κ2) is 8.85. The fourth-order valence-corrected chi connectivity index (χ4v) is 3.77. The molecule has 4 nitrogen and oxygen atoms in total. The van der Waals surface area contributed by atoms with Gasteiger partial charge in [0.05, 0.1) is 17.7 Å². The Morgan fingerprint density at radius 1 is 1.19 bits per heavy atom. The molecule has 26 heavy (non-hydrogen) atoms. The first-order valence-electron chi connectivity index (χ1n) is 8.22. The van der Waals surface area contributed by atoms with Crippen LogP contribution >= 0.6 is 22.9 Å². The number of thiophene rings is 1. The predicted octanol–water partition coefficient (Wildman–Crippen LogP) is 3.70. The van der Waals surface area contributed by atoms with Gasteiger partial charge in [-0.3, -0.25) is 4.79 Å². The van der Waals surface area contributed by atoms with Crippen molar-refractivity contribution in [3.8, 4) is 5.75 Å². The van der Waals surface area contributed by atoms with E-state index in [0.717, 1.165) is 0 Å². The fourth-order valence-electron chi connectivity index (χ4n) is 2.75. The summed E-state index contributed by atoms with van der Waals surface area (Å²) in [4.78, 5) is 13.7. The number of benzene rings is 2. The first-order chi connectivity index (χ1) is 12.7. The smallest absolute Gasteiger partial charge is 0.279 e. The summed E-state index contributed by atoms with van der Waals surface area (Å²) in [5.74, 6) is 0.476. The molecule has 1 heterocycles. The number of hydrogen-bond acceptors (Lipinski definition) is 3. The van der Waals surface area contributed by atoms with Crippen LogP contribution in [0.4, 0.5) is 5.69 Å². The first kappa shape index (κ1) is 18.5. The number of amides is 1. The van der Waals surface area contributed by atoms with Crippen LogP contribution < -0.4 is 15.4 Å². The fraction of sp³-hybridized carbons (Fsp3) is 0.150. The molecule has 0 aliphatic heterocycles. The number of nitrogens with one attached hydrogen (secondary N) is 1. The van der Waals surface area contributed by atoms with E-state index in [1.165, 1.54) is 10.4 Å². The Morgan fingerprint density at radius 2 is 2.00 bits per heavy atom. The van der Waals surface area contributed by atoms with Crippen molar-refractivity contribution in [3.05, 3.63) is 81.5 Å². The van der Waals surface area contributed by atoms with E-state index in [1.807, 2.05) is 29.6 Å². The van der Waals surface area contributed by atoms with Gasteiger partial charge in [-0.2, -0.15) is 0 Å². The van der Waals surface area contributed by atoms with Gasteiger partial charge in [0.25, 0.3) is 5.91 Å². The topological polar surface area (TPSA) is 54.9 Å². The minimum atomic E-state index is -0.108. The van der Waals surface area contributed by atoms with Crippen LogP contribution in [0.5, 0.6) is 5.75 Å². The molecule has 134 valence electrons. The van der Waals surface area contributed by atoms with Crippen LogP contribution in [0.25, 0.3) is 0 Å². The molecule has 0 radical (unpaired) electrons. The maximum atomic E-state index is 12.5. The van der Waals surface area contributed by atoms with Gasteiger partial charge in [0, 0.05) is 10.6 Å². The molecule has 2 aromatic carbocycles. The van der Waals surface area contributed by atoms with Crippen molar-refractivity contribution in [1.82, 2.24) is 0 Å². The van der Waals surface area contributed by atoms with Crippen molar-refractivity contribution >= 4 is 34.5 Å². The maximum Gasteiger partial charge on any atom is 0.279 e. The largest absolute Gasteiger partial charge is 0.495 e. The summed E-state index contributed by atoms with van der Waals surface area (Å²) in [5.41, 5.74) is 1.74. The third-order valence-corrected chi connectivity index (χ3v) is 5.17. The van der Waals surface area contributed by atoms with Crippen molar-refractivity contribution in [1.29, 1.82) is 0 Å². The van der Waals surface area contributed by atoms with E-state index in [2.05, 4.69) is 28.9 Å². The molecular weight excluding hydrogens is 368 g/mol. The molecule has 3 aromatic rings. The van der Waals surface area contributed by atoms with E-state index < -0.39 is 0 Å². The normalized spacial score (nSPS) is 11.8. The van der Waals surface area contributed by atoms with Gasteiger partial charge in [-0.05, 0) is 29.6 Å². The van der Waals surface area contributed by atoms with Gasteiger partial charge < -0.3 is 15.4 Å². The van der Waals surface area contributed by atoms with E-state index in [0.29, 0.717) is 16.5 Å². The second-order valence-corrected chi connectivity index (χ2v) is 7.15. The van der Waals surface area contributed by atoms with Crippen LogP contribution in [0.3, 0.4) is 0 Å². The summed E-state index contributed by atoms with van der Waals surface area (Å²) in [6.45, 7) is 0.285. The van der Waals surface area contributed by atoms with E-state index >= 15 is 0 Å². The number of halogens is 1. The maximum absolute atomic E-state index is 12.5. The zero-order valence-corrected chi connectivity index (χ0v) is 15.9. The Hall–Kier alpha value is -2.34. The number of carbonyl (C=O) groups excluding carboxylic acids is 1. The number of rotatable bonds is 7. The van der Waals surface area contributed by atoms with Gasteiger partial charge in [0.1, 0.15) is 11.8 Å². The molecule has 3 N–H and O–H groups in total. The number of nitrogens with two attached hydrogens (primary N) is 1. The Bertz CT molecular complexity index is 854. The van der Waals surface area contributed by atoms with Crippen LogP contribution in [0, 0.1) is 0 Å². The van der Waals surface area contributed by atoms with Crippen molar-refractivity contribution in [2.24, 2.45) is 0 Å². The number of anilines is 1. The van der Waals surface area contributed by atoms with E-state index in [4.69, 9.17) is 16.3 Å². The van der Waals surface area contributed by atoms with Crippen LogP contribution in [-0.2, 0) is 4.79 Å². The van der Waals surface area contributed by atoms with Crippen molar-refractivity contribution in [2.45, 2.75) is 6.04 Å². The monoisotopic (exact) mass is 387 g/mol. The summed E-state index contributed by atoms with van der Waals surface area (Å²) in [5, 5.41) is 7.51. The number of hydrogen-bond donors (Lipinski definition) is 2. The highest BCUT2D eigenvalue weighted by atomic mass is 35.5. The molecule has 0 unspecified atom stereocenters. The van der Waals surface area contributed by atoms with Crippen LogP contribution in [0.15, 0.2) is 66.0 Å². The molecule has 0 bridgehead atoms. The van der Waals surface area contributed by atoms with Crippen molar-refractivity contribution in [3.63, 3.8) is 0 Å². The molecule has 0 aliphatic rings. The molecule has 0 saturated heterocycles. The molecule has 0 aliphatic carbocycles. The minimum absolute atomic E-state index is 0.0863. The third kappa shape index (κ3) is 4.64. The average molecular weight is 388 g/mol. The average Bonchev–Trinajstić information content (AvgIpc) is 3.17. The lowest BCUT2D eigenvalue weighted by Gasteiger charge is -2.15. The number of methoxy groups -OCH3 is 1. The molecule has 1 amide bonds. The summed E-state index contributed by atoms with van der Waals surface area (Å²) >= 11 is 7.71. The van der Waals surface area contributed by atoms with Crippen LogP contribution in [-0.4, -0.2) is 19.6 Å². The summed E-state index contributed by atoms with van der Waals surface area (Å²) in [6.07, 6.45) is 0. The third-order valence-electron chi connectivity index (χ3n) is 3.98. The van der Waals surface area contributed by atoms with E-state index in [9.17, 15) is 4.79 Å². The Labute approximate surface area is 161 Å². The zero-order chi connectivity index (χ0) is 18.4. The summed E-state index contributed by atoms with van der Waals surface area (Å²) < 4.78 is 5.27. The SMILES string of the molecule is COc1ccc(Cl)cc1NC(=O)C[NH2+][C@H](c1ccccc1)c1cccs1. The molecule has 0 saturated carbocycles. The molecule has 1 aromatic heterocycles. The van der Waals surface area contributed by atoms with Gasteiger partial charge in [-0.15, -0.1) is 11.3 Å². The summed E-state index contributed by atoms with van der Waals surface area (Å²) in [6, 6.07) is 19.5. The minimum Gasteiger partial charge on any atom is -0.495 e. The highest BCUT2D eigenvalue weighted by molar-refractivity contribution is 7.10. The zero-order valence-electron chi connectivity index (χ0n) is 14.3. The van der Waals surface area contributed by atoms with Gasteiger partial charge >= 0.3 is 0 Å². The molecule has 0 spiro atoms. The molecule has 6 heteroatoms. The Kier molecular flexibility index (Phi) is 6.28. The lowest BCUT2D eigenvalue weighted by atomic mass is 10.1. The molecular formula is C20H20ClN2O2S+. The first-order valence-corrected chi connectivity index (χ1v) is 9.48. The number of carbonyl (C=O) groups is 1. The Balaban J connectivity index is 1.70. The van der Waals surface area contributed by atoms with Gasteiger partial charge in [0.2, 0.25) is 0 Å². The van der Waals surface area contributed by atoms with Crippen LogP contribution in [0.2, 0.25) is 5.02 Å². The van der Waals surface area contributed by atoms with E-state index in [-0.39, 0.29) is 18.5 Å². The number of quaternary nitrogens is 1. The van der Waals surface area contributed by atoms with Crippen molar-refractivity contribution in [2.75, 3.05) is 19.0 Å². The lowest BCUT2D eigenvalue weighted by molar-refractivity contribution is -0.675.